The first kappa shape index (κ1) is 26.1. The highest BCUT2D eigenvalue weighted by molar-refractivity contribution is 5.91. The Hall–Kier alpha value is -4.53. The van der Waals surface area contributed by atoms with Gasteiger partial charge >= 0.3 is 6.03 Å². The van der Waals surface area contributed by atoms with Crippen LogP contribution in [0.1, 0.15) is 22.7 Å². The SMILES string of the molecule is COCCN1C[C@@H](NC(=O)Nc2c(C)c(-c3cnn(C)c3)nn2-c2ccccc2)[C@H](c2ccnc(C#N)c2)C1. The standard InChI is InChI=1S/C28H31N9O2/c1-19-26(21-15-31-35(2)16-21)34-37(23-7-5-4-6-8-23)27(19)33-28(38)32-25-18-36(11-12-39-3)17-24(25)20-9-10-30-22(13-20)14-29/h4-10,13,15-16,24-25H,11-12,17-18H2,1-3H3,(H2,32,33,38)/t24-,25+/m0/s1. The van der Waals surface area contributed by atoms with Crippen LogP contribution in [0.4, 0.5) is 10.6 Å². The fraction of sp³-hybridized carbons (Fsp3) is 0.321. The molecule has 1 aliphatic rings. The molecule has 1 saturated heterocycles. The number of urea groups is 1. The Balaban J connectivity index is 1.42. The van der Waals surface area contributed by atoms with Crippen LogP contribution in [0.3, 0.4) is 0 Å². The number of likely N-dealkylation sites (tertiary alicyclic amines) is 1. The third-order valence-electron chi connectivity index (χ3n) is 6.98. The summed E-state index contributed by atoms with van der Waals surface area (Å²) in [6, 6.07) is 15.0. The summed E-state index contributed by atoms with van der Waals surface area (Å²) in [7, 11) is 3.53. The molecular formula is C28H31N9O2. The third kappa shape index (κ3) is 5.67. The molecule has 0 spiro atoms. The lowest BCUT2D eigenvalue weighted by Gasteiger charge is -2.21. The van der Waals surface area contributed by atoms with Gasteiger partial charge in [0.2, 0.25) is 0 Å². The summed E-state index contributed by atoms with van der Waals surface area (Å²) in [5.74, 6) is 0.577. The van der Waals surface area contributed by atoms with E-state index in [0.29, 0.717) is 24.7 Å². The van der Waals surface area contributed by atoms with Crippen molar-refractivity contribution in [2.75, 3.05) is 38.7 Å². The highest BCUT2D eigenvalue weighted by Crippen LogP contribution is 2.31. The maximum absolute atomic E-state index is 13.5. The van der Waals surface area contributed by atoms with E-state index in [1.54, 1.807) is 34.9 Å². The first-order chi connectivity index (χ1) is 19.0. The van der Waals surface area contributed by atoms with E-state index in [4.69, 9.17) is 9.84 Å². The number of nitrogens with zero attached hydrogens (tertiary/aromatic N) is 7. The van der Waals surface area contributed by atoms with Gasteiger partial charge in [-0.05, 0) is 36.8 Å². The van der Waals surface area contributed by atoms with Crippen LogP contribution in [0.25, 0.3) is 16.9 Å². The zero-order valence-corrected chi connectivity index (χ0v) is 22.2. The van der Waals surface area contributed by atoms with E-state index in [-0.39, 0.29) is 18.0 Å². The van der Waals surface area contributed by atoms with Crippen molar-refractivity contribution >= 4 is 11.8 Å². The molecule has 5 rings (SSSR count). The Bertz CT molecular complexity index is 1490. The topological polar surface area (TPSA) is 126 Å². The number of ether oxygens (including phenoxy) is 1. The quantitative estimate of drug-likeness (QED) is 0.362. The average molecular weight is 526 g/mol. The Morgan fingerprint density at radius 1 is 1.23 bits per heavy atom. The Kier molecular flexibility index (Phi) is 7.67. The zero-order chi connectivity index (χ0) is 27.4. The second-order valence-corrected chi connectivity index (χ2v) is 9.62. The second-order valence-electron chi connectivity index (χ2n) is 9.62. The van der Waals surface area contributed by atoms with E-state index in [9.17, 15) is 10.1 Å². The van der Waals surface area contributed by atoms with Crippen molar-refractivity contribution in [2.24, 2.45) is 7.05 Å². The number of hydrogen-bond donors (Lipinski definition) is 2. The number of amides is 2. The molecule has 1 aromatic carbocycles. The summed E-state index contributed by atoms with van der Waals surface area (Å²) in [6.45, 7) is 4.67. The molecule has 11 heteroatoms. The minimum absolute atomic E-state index is 0.00575. The van der Waals surface area contributed by atoms with Crippen LogP contribution in [-0.2, 0) is 11.8 Å². The van der Waals surface area contributed by atoms with E-state index >= 15 is 0 Å². The number of benzene rings is 1. The van der Waals surface area contributed by atoms with Crippen molar-refractivity contribution < 1.29 is 9.53 Å². The van der Waals surface area contributed by atoms with Crippen LogP contribution in [0.15, 0.2) is 61.1 Å². The number of aromatic nitrogens is 5. The van der Waals surface area contributed by atoms with Gasteiger partial charge in [0.1, 0.15) is 23.3 Å². The number of methoxy groups -OCH3 is 1. The van der Waals surface area contributed by atoms with Crippen LogP contribution >= 0.6 is 0 Å². The number of anilines is 1. The van der Waals surface area contributed by atoms with Crippen LogP contribution in [-0.4, -0.2) is 74.9 Å². The fourth-order valence-corrected chi connectivity index (χ4v) is 5.04. The number of nitriles is 1. The number of rotatable bonds is 8. The molecule has 2 atom stereocenters. The van der Waals surface area contributed by atoms with Crippen molar-refractivity contribution in [3.63, 3.8) is 0 Å². The second kappa shape index (κ2) is 11.5. The molecule has 0 bridgehead atoms. The normalized spacial score (nSPS) is 17.2. The van der Waals surface area contributed by atoms with Crippen LogP contribution in [0, 0.1) is 18.3 Å². The molecule has 0 saturated carbocycles. The van der Waals surface area contributed by atoms with Gasteiger partial charge in [0.15, 0.2) is 0 Å². The summed E-state index contributed by atoms with van der Waals surface area (Å²) in [6.07, 6.45) is 5.30. The number of carbonyl (C=O) groups excluding carboxylic acids is 1. The monoisotopic (exact) mass is 525 g/mol. The predicted molar refractivity (Wildman–Crippen MR) is 146 cm³/mol. The van der Waals surface area contributed by atoms with E-state index in [2.05, 4.69) is 31.7 Å². The van der Waals surface area contributed by atoms with Gasteiger partial charge in [0.25, 0.3) is 0 Å². The highest BCUT2D eigenvalue weighted by atomic mass is 16.5. The average Bonchev–Trinajstić information content (AvgIpc) is 3.65. The number of hydrogen-bond acceptors (Lipinski definition) is 7. The number of carbonyl (C=O) groups is 1. The van der Waals surface area contributed by atoms with Gasteiger partial charge in [0, 0.05) is 63.2 Å². The lowest BCUT2D eigenvalue weighted by atomic mass is 9.94. The molecule has 4 heterocycles. The van der Waals surface area contributed by atoms with Gasteiger partial charge in [-0.2, -0.15) is 15.5 Å². The molecule has 200 valence electrons. The number of para-hydroxylation sites is 1. The molecule has 4 aromatic rings. The van der Waals surface area contributed by atoms with Crippen molar-refractivity contribution in [3.05, 3.63) is 77.9 Å². The Morgan fingerprint density at radius 3 is 2.77 bits per heavy atom. The Labute approximate surface area is 227 Å². The van der Waals surface area contributed by atoms with Gasteiger partial charge in [-0.15, -0.1) is 0 Å². The van der Waals surface area contributed by atoms with Gasteiger partial charge in [-0.1, -0.05) is 18.2 Å². The smallest absolute Gasteiger partial charge is 0.320 e. The fourth-order valence-electron chi connectivity index (χ4n) is 5.04. The molecule has 2 N–H and O–H groups in total. The van der Waals surface area contributed by atoms with Crippen molar-refractivity contribution in [1.82, 2.24) is 34.8 Å². The molecular weight excluding hydrogens is 494 g/mol. The predicted octanol–water partition coefficient (Wildman–Crippen LogP) is 3.08. The minimum Gasteiger partial charge on any atom is -0.383 e. The van der Waals surface area contributed by atoms with Crippen molar-refractivity contribution in [1.29, 1.82) is 5.26 Å². The van der Waals surface area contributed by atoms with Crippen LogP contribution in [0.2, 0.25) is 0 Å². The van der Waals surface area contributed by atoms with Gasteiger partial charge in [-0.25, -0.2) is 14.5 Å². The lowest BCUT2D eigenvalue weighted by molar-refractivity contribution is 0.159. The molecule has 3 aromatic heterocycles. The lowest BCUT2D eigenvalue weighted by Crippen LogP contribution is -2.42. The van der Waals surface area contributed by atoms with Gasteiger partial charge in [-0.3, -0.25) is 14.9 Å². The molecule has 0 aliphatic carbocycles. The number of aryl methyl sites for hydroxylation is 1. The van der Waals surface area contributed by atoms with E-state index in [1.807, 2.05) is 56.6 Å². The molecule has 2 amide bonds. The summed E-state index contributed by atoms with van der Waals surface area (Å²) in [4.78, 5) is 19.8. The molecule has 1 aliphatic heterocycles. The maximum atomic E-state index is 13.5. The molecule has 39 heavy (non-hydrogen) atoms. The Morgan fingerprint density at radius 2 is 2.05 bits per heavy atom. The summed E-state index contributed by atoms with van der Waals surface area (Å²) >= 11 is 0. The molecule has 0 unspecified atom stereocenters. The van der Waals surface area contributed by atoms with Gasteiger partial charge < -0.3 is 10.1 Å². The molecule has 1 fully saturated rings. The summed E-state index contributed by atoms with van der Waals surface area (Å²) in [5.41, 5.74) is 4.60. The third-order valence-corrected chi connectivity index (χ3v) is 6.98. The summed E-state index contributed by atoms with van der Waals surface area (Å²) in [5, 5.41) is 24.7. The summed E-state index contributed by atoms with van der Waals surface area (Å²) < 4.78 is 8.75. The number of pyridine rings is 1. The molecule has 0 radical (unpaired) electrons. The van der Waals surface area contributed by atoms with E-state index in [1.165, 1.54) is 0 Å². The van der Waals surface area contributed by atoms with E-state index < -0.39 is 0 Å². The first-order valence-corrected chi connectivity index (χ1v) is 12.8. The number of nitrogens with one attached hydrogen (secondary N) is 2. The maximum Gasteiger partial charge on any atom is 0.320 e. The molecule has 11 nitrogen and oxygen atoms in total. The van der Waals surface area contributed by atoms with Gasteiger partial charge in [0.05, 0.1) is 24.5 Å². The van der Waals surface area contributed by atoms with Crippen LogP contribution < -0.4 is 10.6 Å². The highest BCUT2D eigenvalue weighted by Gasteiger charge is 2.35. The van der Waals surface area contributed by atoms with Crippen LogP contribution in [0.5, 0.6) is 0 Å². The first-order valence-electron chi connectivity index (χ1n) is 12.8. The minimum atomic E-state index is -0.328. The largest absolute Gasteiger partial charge is 0.383 e. The van der Waals surface area contributed by atoms with E-state index in [0.717, 1.165) is 41.2 Å². The zero-order valence-electron chi connectivity index (χ0n) is 22.2. The van der Waals surface area contributed by atoms with Crippen molar-refractivity contribution in [3.8, 4) is 23.0 Å². The van der Waals surface area contributed by atoms with Crippen molar-refractivity contribution in [2.45, 2.75) is 18.9 Å².